The smallest absolute Gasteiger partial charge is 0.269 e. The summed E-state index contributed by atoms with van der Waals surface area (Å²) in [5.41, 5.74) is -0.0623. The molecule has 1 aromatic carbocycles. The molecule has 116 valence electrons. The van der Waals surface area contributed by atoms with Gasteiger partial charge in [0, 0.05) is 31.3 Å². The van der Waals surface area contributed by atoms with Gasteiger partial charge in [-0.2, -0.15) is 0 Å². The lowest BCUT2D eigenvalue weighted by molar-refractivity contribution is -0.384. The van der Waals surface area contributed by atoms with E-state index in [2.05, 4.69) is 4.98 Å². The highest BCUT2D eigenvalue weighted by Gasteiger charge is 2.27. The Kier molecular flexibility index (Phi) is 3.49. The third-order valence-corrected chi connectivity index (χ3v) is 3.63. The molecule has 0 atom stereocenters. The lowest BCUT2D eigenvalue weighted by Gasteiger charge is -2.13. The van der Waals surface area contributed by atoms with E-state index in [9.17, 15) is 24.5 Å². The molecule has 0 aliphatic carbocycles. The van der Waals surface area contributed by atoms with Gasteiger partial charge in [0.05, 0.1) is 4.92 Å². The van der Waals surface area contributed by atoms with E-state index in [0.29, 0.717) is 5.56 Å². The summed E-state index contributed by atoms with van der Waals surface area (Å²) < 4.78 is 0. The molecule has 1 aliphatic heterocycles. The SMILES string of the molecule is O=C(c1cccc(=O)[nH]c1=O)N1Cc2ccc([N+](=O)[O-])cc2C1. The van der Waals surface area contributed by atoms with Gasteiger partial charge in [0.25, 0.3) is 22.7 Å². The second-order valence-electron chi connectivity index (χ2n) is 5.13. The zero-order chi connectivity index (χ0) is 16.6. The Morgan fingerprint density at radius 1 is 1.13 bits per heavy atom. The normalized spacial score (nSPS) is 12.8. The number of benzene rings is 1. The number of amides is 1. The summed E-state index contributed by atoms with van der Waals surface area (Å²) in [6, 6.07) is 8.18. The van der Waals surface area contributed by atoms with Gasteiger partial charge in [0.2, 0.25) is 0 Å². The molecule has 2 heterocycles. The molecular weight excluding hydrogens is 302 g/mol. The fourth-order valence-corrected chi connectivity index (χ4v) is 2.51. The zero-order valence-corrected chi connectivity index (χ0v) is 11.8. The maximum absolute atomic E-state index is 12.5. The molecule has 3 rings (SSSR count). The molecule has 8 nitrogen and oxygen atoms in total. The third-order valence-electron chi connectivity index (χ3n) is 3.63. The van der Waals surface area contributed by atoms with E-state index < -0.39 is 21.9 Å². The van der Waals surface area contributed by atoms with Crippen molar-refractivity contribution >= 4 is 11.6 Å². The van der Waals surface area contributed by atoms with Crippen LogP contribution in [0.5, 0.6) is 0 Å². The number of non-ortho nitro benzene ring substituents is 1. The number of hydrogen-bond donors (Lipinski definition) is 1. The van der Waals surface area contributed by atoms with Crippen molar-refractivity contribution in [1.82, 2.24) is 9.88 Å². The Bertz CT molecular complexity index is 935. The summed E-state index contributed by atoms with van der Waals surface area (Å²) in [6.45, 7) is 0.437. The van der Waals surface area contributed by atoms with Crippen molar-refractivity contribution in [3.63, 3.8) is 0 Å². The first-order valence-electron chi connectivity index (χ1n) is 6.75. The molecule has 0 spiro atoms. The predicted molar refractivity (Wildman–Crippen MR) is 80.0 cm³/mol. The predicted octanol–water partition coefficient (Wildman–Crippen LogP) is 0.799. The van der Waals surface area contributed by atoms with Crippen LogP contribution in [0.3, 0.4) is 0 Å². The van der Waals surface area contributed by atoms with Gasteiger partial charge >= 0.3 is 0 Å². The van der Waals surface area contributed by atoms with Crippen molar-refractivity contribution in [2.75, 3.05) is 0 Å². The molecule has 8 heteroatoms. The fourth-order valence-electron chi connectivity index (χ4n) is 2.51. The number of aromatic amines is 1. The number of hydrogen-bond acceptors (Lipinski definition) is 5. The quantitative estimate of drug-likeness (QED) is 0.650. The van der Waals surface area contributed by atoms with Crippen LogP contribution in [-0.2, 0) is 13.1 Å². The van der Waals surface area contributed by atoms with Crippen molar-refractivity contribution in [2.24, 2.45) is 0 Å². The van der Waals surface area contributed by atoms with Crippen molar-refractivity contribution < 1.29 is 9.72 Å². The maximum Gasteiger partial charge on any atom is 0.269 e. The number of nitro groups is 1. The van der Waals surface area contributed by atoms with Gasteiger partial charge in [-0.3, -0.25) is 29.5 Å². The van der Waals surface area contributed by atoms with Gasteiger partial charge in [0.15, 0.2) is 0 Å². The number of carbonyl (C=O) groups excluding carboxylic acids is 1. The van der Waals surface area contributed by atoms with E-state index in [0.717, 1.165) is 11.6 Å². The van der Waals surface area contributed by atoms with Crippen molar-refractivity contribution in [3.05, 3.63) is 83.9 Å². The van der Waals surface area contributed by atoms with Crippen LogP contribution in [0, 0.1) is 10.1 Å². The summed E-state index contributed by atoms with van der Waals surface area (Å²) in [4.78, 5) is 49.3. The van der Waals surface area contributed by atoms with Crippen LogP contribution in [0.2, 0.25) is 0 Å². The molecule has 0 saturated heterocycles. The number of carbonyl (C=O) groups is 1. The van der Waals surface area contributed by atoms with Crippen molar-refractivity contribution in [2.45, 2.75) is 13.1 Å². The lowest BCUT2D eigenvalue weighted by Crippen LogP contribution is -2.31. The number of rotatable bonds is 2. The molecule has 0 saturated carbocycles. The Hall–Kier alpha value is -3.29. The Labute approximate surface area is 129 Å². The van der Waals surface area contributed by atoms with Crippen LogP contribution < -0.4 is 11.1 Å². The zero-order valence-electron chi connectivity index (χ0n) is 11.8. The molecule has 1 aromatic heterocycles. The van der Waals surface area contributed by atoms with E-state index in [-0.39, 0.29) is 24.3 Å². The first-order valence-corrected chi connectivity index (χ1v) is 6.75. The minimum atomic E-state index is -0.757. The second-order valence-corrected chi connectivity index (χ2v) is 5.13. The molecule has 1 aliphatic rings. The summed E-state index contributed by atoms with van der Waals surface area (Å²) in [7, 11) is 0. The van der Waals surface area contributed by atoms with E-state index in [4.69, 9.17) is 0 Å². The second kappa shape index (κ2) is 5.48. The van der Waals surface area contributed by atoms with Gasteiger partial charge in [-0.15, -0.1) is 0 Å². The molecule has 23 heavy (non-hydrogen) atoms. The Morgan fingerprint density at radius 3 is 2.61 bits per heavy atom. The van der Waals surface area contributed by atoms with Crippen LogP contribution in [0.1, 0.15) is 21.5 Å². The van der Waals surface area contributed by atoms with Crippen molar-refractivity contribution in [1.29, 1.82) is 0 Å². The maximum atomic E-state index is 12.5. The van der Waals surface area contributed by atoms with Gasteiger partial charge in [-0.25, -0.2) is 0 Å². The van der Waals surface area contributed by atoms with Crippen LogP contribution in [0.25, 0.3) is 0 Å². The topological polar surface area (TPSA) is 113 Å². The monoisotopic (exact) mass is 313 g/mol. The third kappa shape index (κ3) is 2.73. The molecule has 0 bridgehead atoms. The van der Waals surface area contributed by atoms with Gasteiger partial charge in [0.1, 0.15) is 5.56 Å². The van der Waals surface area contributed by atoms with E-state index in [1.165, 1.54) is 29.2 Å². The first-order chi connectivity index (χ1) is 11.0. The number of aromatic nitrogens is 1. The highest BCUT2D eigenvalue weighted by molar-refractivity contribution is 5.94. The number of nitro benzene ring substituents is 1. The van der Waals surface area contributed by atoms with Gasteiger partial charge < -0.3 is 4.90 Å². The Balaban J connectivity index is 1.92. The highest BCUT2D eigenvalue weighted by Crippen LogP contribution is 2.27. The molecule has 0 fully saturated rings. The molecule has 2 aromatic rings. The minimum absolute atomic E-state index is 0.0435. The number of nitrogens with zero attached hydrogens (tertiary/aromatic N) is 2. The molecule has 0 unspecified atom stereocenters. The Morgan fingerprint density at radius 2 is 1.87 bits per heavy atom. The summed E-state index contributed by atoms with van der Waals surface area (Å²) in [5, 5.41) is 10.8. The van der Waals surface area contributed by atoms with Crippen molar-refractivity contribution in [3.8, 4) is 0 Å². The lowest BCUT2D eigenvalue weighted by atomic mass is 10.1. The average molecular weight is 313 g/mol. The van der Waals surface area contributed by atoms with Crippen LogP contribution in [0.4, 0.5) is 5.69 Å². The average Bonchev–Trinajstić information content (AvgIpc) is 2.85. The van der Waals surface area contributed by atoms with Crippen LogP contribution in [-0.4, -0.2) is 20.7 Å². The van der Waals surface area contributed by atoms with Gasteiger partial charge in [-0.05, 0) is 17.2 Å². The number of H-pyrrole nitrogens is 1. The largest absolute Gasteiger partial charge is 0.330 e. The van der Waals surface area contributed by atoms with E-state index in [1.54, 1.807) is 6.07 Å². The first kappa shape index (κ1) is 14.6. The summed E-state index contributed by atoms with van der Waals surface area (Å²) in [6.07, 6.45) is 0. The number of fused-ring (bicyclic) bond motifs is 1. The number of nitrogens with one attached hydrogen (secondary N) is 1. The van der Waals surface area contributed by atoms with Crippen LogP contribution >= 0.6 is 0 Å². The summed E-state index contributed by atoms with van der Waals surface area (Å²) >= 11 is 0. The molecular formula is C15H11N3O5. The molecule has 1 N–H and O–H groups in total. The summed E-state index contributed by atoms with van der Waals surface area (Å²) in [5.74, 6) is -0.527. The van der Waals surface area contributed by atoms with E-state index >= 15 is 0 Å². The molecule has 0 radical (unpaired) electrons. The molecule has 1 amide bonds. The fraction of sp³-hybridized carbons (Fsp3) is 0.133. The van der Waals surface area contributed by atoms with Crippen LogP contribution in [0.15, 0.2) is 46.0 Å². The van der Waals surface area contributed by atoms with Gasteiger partial charge in [-0.1, -0.05) is 12.1 Å². The standard InChI is InChI=1S/C15H11N3O5/c19-13-3-1-2-12(14(20)16-13)15(21)17-7-9-4-5-11(18(22)23)6-10(9)8-17/h1-6H,7-8H2,(H,16,19,20). The highest BCUT2D eigenvalue weighted by atomic mass is 16.6. The van der Waals surface area contributed by atoms with E-state index in [1.807, 2.05) is 0 Å². The minimum Gasteiger partial charge on any atom is -0.330 e.